The lowest BCUT2D eigenvalue weighted by Crippen LogP contribution is -2.30. The van der Waals surface area contributed by atoms with Crippen LogP contribution in [0.5, 0.6) is 0 Å². The number of fused-ring (bicyclic) bond motifs is 1. The second-order valence-electron chi connectivity index (χ2n) is 5.15. The number of halogens is 1. The smallest absolute Gasteiger partial charge is 0.350 e. The monoisotopic (exact) mass is 363 g/mol. The average molecular weight is 364 g/mol. The maximum Gasteiger partial charge on any atom is 0.350 e. The topological polar surface area (TPSA) is 59.8 Å². The van der Waals surface area contributed by atoms with Gasteiger partial charge in [0.05, 0.1) is 17.8 Å². The van der Waals surface area contributed by atoms with Gasteiger partial charge in [-0.25, -0.2) is 4.79 Å². The highest BCUT2D eigenvalue weighted by Crippen LogP contribution is 2.35. The van der Waals surface area contributed by atoms with Crippen molar-refractivity contribution in [3.63, 3.8) is 0 Å². The van der Waals surface area contributed by atoms with Crippen molar-refractivity contribution in [2.75, 3.05) is 13.7 Å². The highest BCUT2D eigenvalue weighted by molar-refractivity contribution is 7.21. The molecule has 7 heteroatoms. The molecule has 3 aromatic rings. The molecule has 0 saturated heterocycles. The summed E-state index contributed by atoms with van der Waals surface area (Å²) in [6.45, 7) is -0.0341. The lowest BCUT2D eigenvalue weighted by Gasteiger charge is -2.15. The van der Waals surface area contributed by atoms with Crippen LogP contribution in [0.2, 0.25) is 5.02 Å². The molecule has 5 nitrogen and oxygen atoms in total. The van der Waals surface area contributed by atoms with Gasteiger partial charge >= 0.3 is 5.97 Å². The second-order valence-corrected chi connectivity index (χ2v) is 6.58. The van der Waals surface area contributed by atoms with E-state index in [1.165, 1.54) is 22.5 Å². The van der Waals surface area contributed by atoms with E-state index in [2.05, 4.69) is 0 Å². The number of carbonyl (C=O) groups excluding carboxylic acids is 2. The molecule has 0 aliphatic heterocycles. The van der Waals surface area contributed by atoms with Crippen LogP contribution in [0.1, 0.15) is 15.4 Å². The molecule has 1 amide bonds. The van der Waals surface area contributed by atoms with Gasteiger partial charge in [-0.3, -0.25) is 4.79 Å². The molecule has 0 aliphatic carbocycles. The molecule has 0 atom stereocenters. The Bertz CT molecular complexity index is 872. The zero-order valence-corrected chi connectivity index (χ0v) is 14.4. The number of esters is 1. The minimum atomic E-state index is -0.596. The molecule has 24 heavy (non-hydrogen) atoms. The first-order valence-electron chi connectivity index (χ1n) is 7.16. The van der Waals surface area contributed by atoms with E-state index >= 15 is 0 Å². The van der Waals surface area contributed by atoms with E-state index in [4.69, 9.17) is 20.8 Å². The highest BCUT2D eigenvalue weighted by atomic mass is 35.5. The molecular formula is C17H14ClNO4S. The fraction of sp³-hybridized carbons (Fsp3) is 0.176. The van der Waals surface area contributed by atoms with Crippen LogP contribution in [0.4, 0.5) is 0 Å². The summed E-state index contributed by atoms with van der Waals surface area (Å²) < 4.78 is 11.2. The molecule has 0 bridgehead atoms. The van der Waals surface area contributed by atoms with Crippen molar-refractivity contribution in [2.24, 2.45) is 0 Å². The number of nitrogens with zero attached hydrogens (tertiary/aromatic N) is 1. The largest absolute Gasteiger partial charge is 0.467 e. The van der Waals surface area contributed by atoms with Gasteiger partial charge in [0.25, 0.3) is 5.91 Å². The molecule has 124 valence electrons. The zero-order valence-electron chi connectivity index (χ0n) is 12.8. The number of benzene rings is 1. The number of amides is 1. The van der Waals surface area contributed by atoms with Crippen LogP contribution in [0, 0.1) is 0 Å². The predicted octanol–water partition coefficient (Wildman–Crippen LogP) is 3.96. The average Bonchev–Trinajstić information content (AvgIpc) is 3.20. The van der Waals surface area contributed by atoms with Crippen molar-refractivity contribution in [3.8, 4) is 0 Å². The molecule has 0 aliphatic rings. The number of carbonyl (C=O) groups is 2. The van der Waals surface area contributed by atoms with Gasteiger partial charge in [0.15, 0.2) is 6.61 Å². The first kappa shape index (κ1) is 16.5. The van der Waals surface area contributed by atoms with Crippen LogP contribution in [0.15, 0.2) is 47.1 Å². The van der Waals surface area contributed by atoms with Crippen molar-refractivity contribution in [3.05, 3.63) is 58.3 Å². The van der Waals surface area contributed by atoms with Crippen molar-refractivity contribution >= 4 is 44.9 Å². The molecular weight excluding hydrogens is 350 g/mol. The van der Waals surface area contributed by atoms with Crippen molar-refractivity contribution in [2.45, 2.75) is 6.54 Å². The van der Waals surface area contributed by atoms with Gasteiger partial charge in [-0.1, -0.05) is 29.8 Å². The van der Waals surface area contributed by atoms with Gasteiger partial charge in [0.1, 0.15) is 10.6 Å². The molecule has 1 aromatic carbocycles. The van der Waals surface area contributed by atoms with E-state index in [0.717, 1.165) is 10.1 Å². The first-order chi connectivity index (χ1) is 11.6. The zero-order chi connectivity index (χ0) is 17.1. The molecule has 0 saturated carbocycles. The molecule has 0 spiro atoms. The molecule has 0 N–H and O–H groups in total. The maximum absolute atomic E-state index is 12.2. The number of thiophene rings is 1. The number of ether oxygens (including phenoxy) is 1. The maximum atomic E-state index is 12.2. The number of hydrogen-bond donors (Lipinski definition) is 0. The van der Waals surface area contributed by atoms with Gasteiger partial charge in [-0.05, 0) is 18.2 Å². The minimum absolute atomic E-state index is 0.305. The SMILES string of the molecule is CN(Cc1ccco1)C(=O)COC(=O)c1sc2ccccc2c1Cl. The summed E-state index contributed by atoms with van der Waals surface area (Å²) in [4.78, 5) is 26.0. The number of furan rings is 1. The van der Waals surface area contributed by atoms with Gasteiger partial charge < -0.3 is 14.1 Å². The summed E-state index contributed by atoms with van der Waals surface area (Å²) in [5.41, 5.74) is 0. The fourth-order valence-electron chi connectivity index (χ4n) is 2.17. The van der Waals surface area contributed by atoms with E-state index in [0.29, 0.717) is 22.2 Å². The minimum Gasteiger partial charge on any atom is -0.467 e. The lowest BCUT2D eigenvalue weighted by molar-refractivity contribution is -0.133. The summed E-state index contributed by atoms with van der Waals surface area (Å²) in [6, 6.07) is 11.0. The van der Waals surface area contributed by atoms with Crippen LogP contribution in [-0.4, -0.2) is 30.4 Å². The third-order valence-electron chi connectivity index (χ3n) is 3.45. The molecule has 0 fully saturated rings. The van der Waals surface area contributed by atoms with E-state index in [-0.39, 0.29) is 12.5 Å². The Morgan fingerprint density at radius 2 is 2.04 bits per heavy atom. The molecule has 2 aromatic heterocycles. The Morgan fingerprint density at radius 3 is 2.75 bits per heavy atom. The predicted molar refractivity (Wildman–Crippen MR) is 92.3 cm³/mol. The Morgan fingerprint density at radius 1 is 1.25 bits per heavy atom. The van der Waals surface area contributed by atoms with Gasteiger partial charge in [-0.15, -0.1) is 11.3 Å². The number of hydrogen-bond acceptors (Lipinski definition) is 5. The van der Waals surface area contributed by atoms with Gasteiger partial charge in [-0.2, -0.15) is 0 Å². The van der Waals surface area contributed by atoms with E-state index in [9.17, 15) is 9.59 Å². The van der Waals surface area contributed by atoms with Gasteiger partial charge in [0.2, 0.25) is 0 Å². The van der Waals surface area contributed by atoms with E-state index < -0.39 is 5.97 Å². The first-order valence-corrected chi connectivity index (χ1v) is 8.36. The molecule has 0 unspecified atom stereocenters. The van der Waals surface area contributed by atoms with Crippen LogP contribution in [0.3, 0.4) is 0 Å². The van der Waals surface area contributed by atoms with Crippen LogP contribution < -0.4 is 0 Å². The Balaban J connectivity index is 1.62. The Hall–Kier alpha value is -2.31. The van der Waals surface area contributed by atoms with Crippen LogP contribution in [-0.2, 0) is 16.1 Å². The quantitative estimate of drug-likeness (QED) is 0.644. The molecule has 0 radical (unpaired) electrons. The second kappa shape index (κ2) is 7.07. The summed E-state index contributed by atoms with van der Waals surface area (Å²) in [6.07, 6.45) is 1.54. The van der Waals surface area contributed by atoms with Crippen molar-refractivity contribution in [1.29, 1.82) is 0 Å². The normalized spacial score (nSPS) is 10.8. The number of rotatable bonds is 5. The third kappa shape index (κ3) is 3.44. The number of likely N-dealkylation sites (N-methyl/N-ethyl adjacent to an activating group) is 1. The highest BCUT2D eigenvalue weighted by Gasteiger charge is 2.20. The van der Waals surface area contributed by atoms with Gasteiger partial charge in [0, 0.05) is 17.1 Å². The fourth-order valence-corrected chi connectivity index (χ4v) is 3.57. The van der Waals surface area contributed by atoms with Crippen LogP contribution >= 0.6 is 22.9 Å². The van der Waals surface area contributed by atoms with Crippen molar-refractivity contribution in [1.82, 2.24) is 4.90 Å². The van der Waals surface area contributed by atoms with E-state index in [1.54, 1.807) is 19.2 Å². The lowest BCUT2D eigenvalue weighted by atomic mass is 10.2. The molecule has 3 rings (SSSR count). The Kier molecular flexibility index (Phi) is 4.87. The third-order valence-corrected chi connectivity index (χ3v) is 5.10. The van der Waals surface area contributed by atoms with Crippen molar-refractivity contribution < 1.29 is 18.7 Å². The summed E-state index contributed by atoms with van der Waals surface area (Å²) in [7, 11) is 1.62. The molecule has 2 heterocycles. The summed E-state index contributed by atoms with van der Waals surface area (Å²) in [5.74, 6) is -0.261. The van der Waals surface area contributed by atoms with Crippen LogP contribution in [0.25, 0.3) is 10.1 Å². The summed E-state index contributed by atoms with van der Waals surface area (Å²) in [5, 5.41) is 1.16. The Labute approximate surface area is 147 Å². The summed E-state index contributed by atoms with van der Waals surface area (Å²) >= 11 is 7.48. The van der Waals surface area contributed by atoms with E-state index in [1.807, 2.05) is 24.3 Å². The standard InChI is InChI=1S/C17H14ClNO4S/c1-19(9-11-5-4-8-22-11)14(20)10-23-17(21)16-15(18)12-6-2-3-7-13(12)24-16/h2-8H,9-10H2,1H3.